The van der Waals surface area contributed by atoms with Crippen molar-refractivity contribution < 1.29 is 9.85 Å². The fraction of sp³-hybridized carbons (Fsp3) is 0.235. The standard InChI is InChI=1S/C17H13N5O5/c1-9-7-11-16-12(18-9)3-2-4-13(16)19-20(17(11)23)14-6-5-10(21(24)25)8-15(14)22(26)27/h5-8H,2-4H2,1H3. The van der Waals surface area contributed by atoms with Crippen LogP contribution >= 0.6 is 0 Å². The average Bonchev–Trinajstić information content (AvgIpc) is 2.63. The maximum Gasteiger partial charge on any atom is 0.301 e. The number of aromatic nitrogens is 3. The Bertz CT molecular complexity index is 1200. The highest BCUT2D eigenvalue weighted by Crippen LogP contribution is 2.29. The molecule has 27 heavy (non-hydrogen) atoms. The summed E-state index contributed by atoms with van der Waals surface area (Å²) >= 11 is 0. The molecule has 0 saturated carbocycles. The van der Waals surface area contributed by atoms with Crippen LogP contribution in [0.1, 0.15) is 23.5 Å². The van der Waals surface area contributed by atoms with E-state index >= 15 is 0 Å². The first-order chi connectivity index (χ1) is 12.9. The first kappa shape index (κ1) is 16.8. The van der Waals surface area contributed by atoms with E-state index in [0.29, 0.717) is 28.6 Å². The molecule has 0 bridgehead atoms. The van der Waals surface area contributed by atoms with Crippen LogP contribution in [0.5, 0.6) is 0 Å². The minimum absolute atomic E-state index is 0.102. The lowest BCUT2D eigenvalue weighted by atomic mass is 9.96. The van der Waals surface area contributed by atoms with E-state index in [-0.39, 0.29) is 5.69 Å². The van der Waals surface area contributed by atoms with Gasteiger partial charge in [-0.1, -0.05) is 0 Å². The van der Waals surface area contributed by atoms with Crippen LogP contribution in [-0.4, -0.2) is 24.6 Å². The van der Waals surface area contributed by atoms with Crippen LogP contribution in [0.25, 0.3) is 16.5 Å². The van der Waals surface area contributed by atoms with Crippen molar-refractivity contribution in [2.75, 3.05) is 0 Å². The zero-order valence-corrected chi connectivity index (χ0v) is 14.2. The molecule has 0 unspecified atom stereocenters. The average molecular weight is 367 g/mol. The molecule has 2 aromatic heterocycles. The van der Waals surface area contributed by atoms with Gasteiger partial charge >= 0.3 is 5.69 Å². The Morgan fingerprint density at radius 3 is 2.52 bits per heavy atom. The number of benzene rings is 1. The van der Waals surface area contributed by atoms with Crippen LogP contribution in [-0.2, 0) is 12.8 Å². The summed E-state index contributed by atoms with van der Waals surface area (Å²) in [6, 6.07) is 4.78. The van der Waals surface area contributed by atoms with Crippen LogP contribution in [0.2, 0.25) is 0 Å². The maximum absolute atomic E-state index is 13.0. The second kappa shape index (κ2) is 5.94. The van der Waals surface area contributed by atoms with E-state index in [9.17, 15) is 25.0 Å². The van der Waals surface area contributed by atoms with E-state index in [1.54, 1.807) is 13.0 Å². The monoisotopic (exact) mass is 367 g/mol. The molecule has 3 aromatic rings. The first-order valence-corrected chi connectivity index (χ1v) is 8.22. The molecule has 136 valence electrons. The lowest BCUT2D eigenvalue weighted by Gasteiger charge is -2.17. The number of nitro benzene ring substituents is 2. The van der Waals surface area contributed by atoms with Crippen molar-refractivity contribution in [3.8, 4) is 5.69 Å². The zero-order chi connectivity index (χ0) is 19.3. The minimum atomic E-state index is -0.755. The Labute approximate surface area is 151 Å². The summed E-state index contributed by atoms with van der Waals surface area (Å²) in [5.74, 6) is 0. The van der Waals surface area contributed by atoms with Gasteiger partial charge in [0.25, 0.3) is 11.2 Å². The number of hydrogen-bond donors (Lipinski definition) is 0. The summed E-state index contributed by atoms with van der Waals surface area (Å²) in [6.45, 7) is 1.78. The van der Waals surface area contributed by atoms with E-state index in [1.807, 2.05) is 0 Å². The summed E-state index contributed by atoms with van der Waals surface area (Å²) in [5.41, 5.74) is 0.537. The number of nitro groups is 2. The summed E-state index contributed by atoms with van der Waals surface area (Å²) in [4.78, 5) is 38.4. The normalized spacial score (nSPS) is 12.9. The molecule has 0 spiro atoms. The molecule has 0 fully saturated rings. The van der Waals surface area contributed by atoms with Gasteiger partial charge in [0, 0.05) is 17.1 Å². The lowest BCUT2D eigenvalue weighted by molar-refractivity contribution is -0.394. The highest BCUT2D eigenvalue weighted by atomic mass is 16.6. The van der Waals surface area contributed by atoms with Crippen molar-refractivity contribution in [3.63, 3.8) is 0 Å². The maximum atomic E-state index is 13.0. The molecule has 0 atom stereocenters. The van der Waals surface area contributed by atoms with Gasteiger partial charge in [0.05, 0.1) is 32.7 Å². The van der Waals surface area contributed by atoms with Crippen molar-refractivity contribution in [1.29, 1.82) is 0 Å². The molecule has 0 saturated heterocycles. The van der Waals surface area contributed by atoms with Crippen molar-refractivity contribution in [2.24, 2.45) is 0 Å². The number of aryl methyl sites for hydroxylation is 3. The van der Waals surface area contributed by atoms with Gasteiger partial charge in [-0.15, -0.1) is 0 Å². The molecule has 1 aliphatic rings. The van der Waals surface area contributed by atoms with Crippen molar-refractivity contribution in [1.82, 2.24) is 14.8 Å². The van der Waals surface area contributed by atoms with Gasteiger partial charge < -0.3 is 0 Å². The molecule has 1 aromatic carbocycles. The van der Waals surface area contributed by atoms with Crippen LogP contribution in [0.15, 0.2) is 29.1 Å². The SMILES string of the molecule is Cc1cc2c(=O)n(-c3ccc([N+](=O)[O-])cc3[N+](=O)[O-])nc3c2c(n1)CCC3. The van der Waals surface area contributed by atoms with E-state index < -0.39 is 26.8 Å². The van der Waals surface area contributed by atoms with Crippen LogP contribution in [0, 0.1) is 27.2 Å². The van der Waals surface area contributed by atoms with Gasteiger partial charge in [-0.2, -0.15) is 9.78 Å². The zero-order valence-electron chi connectivity index (χ0n) is 14.2. The molecule has 2 heterocycles. The summed E-state index contributed by atoms with van der Waals surface area (Å²) < 4.78 is 0.966. The van der Waals surface area contributed by atoms with E-state index in [0.717, 1.165) is 35.4 Å². The first-order valence-electron chi connectivity index (χ1n) is 8.22. The third-order valence-corrected chi connectivity index (χ3v) is 4.58. The second-order valence-corrected chi connectivity index (χ2v) is 6.34. The second-order valence-electron chi connectivity index (χ2n) is 6.34. The van der Waals surface area contributed by atoms with Crippen LogP contribution < -0.4 is 5.56 Å². The number of pyridine rings is 1. The third-order valence-electron chi connectivity index (χ3n) is 4.58. The molecule has 0 aliphatic heterocycles. The topological polar surface area (TPSA) is 134 Å². The van der Waals surface area contributed by atoms with Crippen molar-refractivity contribution in [2.45, 2.75) is 26.2 Å². The lowest BCUT2D eigenvalue weighted by Crippen LogP contribution is -2.26. The largest absolute Gasteiger partial charge is 0.301 e. The Kier molecular flexibility index (Phi) is 3.69. The third kappa shape index (κ3) is 2.62. The molecule has 4 rings (SSSR count). The highest BCUT2D eigenvalue weighted by molar-refractivity contribution is 5.87. The predicted molar refractivity (Wildman–Crippen MR) is 95.2 cm³/mol. The summed E-state index contributed by atoms with van der Waals surface area (Å²) in [5, 5.41) is 27.8. The molecular formula is C17H13N5O5. The Balaban J connectivity index is 2.07. The van der Waals surface area contributed by atoms with Gasteiger partial charge in [-0.3, -0.25) is 30.0 Å². The molecule has 10 nitrogen and oxygen atoms in total. The van der Waals surface area contributed by atoms with Gasteiger partial charge in [0.2, 0.25) is 0 Å². The molecule has 0 N–H and O–H groups in total. The summed E-state index contributed by atoms with van der Waals surface area (Å²) in [6.07, 6.45) is 2.18. The van der Waals surface area contributed by atoms with E-state index in [4.69, 9.17) is 0 Å². The Morgan fingerprint density at radius 1 is 1.07 bits per heavy atom. The van der Waals surface area contributed by atoms with Gasteiger partial charge in [-0.25, -0.2) is 0 Å². The highest BCUT2D eigenvalue weighted by Gasteiger charge is 2.25. The molecule has 1 aliphatic carbocycles. The van der Waals surface area contributed by atoms with E-state index in [2.05, 4.69) is 10.1 Å². The van der Waals surface area contributed by atoms with E-state index in [1.165, 1.54) is 6.07 Å². The van der Waals surface area contributed by atoms with Gasteiger partial charge in [-0.05, 0) is 38.3 Å². The van der Waals surface area contributed by atoms with Crippen molar-refractivity contribution in [3.05, 3.63) is 71.9 Å². The fourth-order valence-electron chi connectivity index (χ4n) is 3.45. The molecule has 0 amide bonds. The van der Waals surface area contributed by atoms with Crippen molar-refractivity contribution >= 4 is 22.1 Å². The Morgan fingerprint density at radius 2 is 1.81 bits per heavy atom. The molecule has 10 heteroatoms. The minimum Gasteiger partial charge on any atom is -0.267 e. The number of non-ortho nitro benzene ring substituents is 1. The van der Waals surface area contributed by atoms with Gasteiger partial charge in [0.1, 0.15) is 5.69 Å². The Hall–Kier alpha value is -3.69. The molecule has 0 radical (unpaired) electrons. The predicted octanol–water partition coefficient (Wildman–Crippen LogP) is 2.39. The quantitative estimate of drug-likeness (QED) is 0.512. The number of hydrogen-bond acceptors (Lipinski definition) is 7. The van der Waals surface area contributed by atoms with Crippen LogP contribution in [0.4, 0.5) is 11.4 Å². The smallest absolute Gasteiger partial charge is 0.267 e. The fourth-order valence-corrected chi connectivity index (χ4v) is 3.45. The number of nitrogens with zero attached hydrogens (tertiary/aromatic N) is 5. The van der Waals surface area contributed by atoms with Gasteiger partial charge in [0.15, 0.2) is 0 Å². The molecular weight excluding hydrogens is 354 g/mol. The van der Waals surface area contributed by atoms with Crippen LogP contribution in [0.3, 0.4) is 0 Å². The number of rotatable bonds is 3. The summed E-state index contributed by atoms with van der Waals surface area (Å²) in [7, 11) is 0.